The van der Waals surface area contributed by atoms with Gasteiger partial charge in [-0.1, -0.05) is 12.5 Å². The molecule has 4 nitrogen and oxygen atoms in total. The summed E-state index contributed by atoms with van der Waals surface area (Å²) >= 11 is 5.50. The number of imidazole rings is 1. The van der Waals surface area contributed by atoms with E-state index in [1.807, 2.05) is 12.1 Å². The molecule has 0 amide bonds. The highest BCUT2D eigenvalue weighted by molar-refractivity contribution is 7.91. The predicted molar refractivity (Wildman–Crippen MR) is 84.7 cm³/mol. The van der Waals surface area contributed by atoms with Crippen molar-refractivity contribution in [3.05, 3.63) is 23.0 Å². The molecular formula is C15H18N2O2S2. The number of nitrogens with zero attached hydrogens (tertiary/aromatic N) is 1. The molecule has 1 aromatic carbocycles. The van der Waals surface area contributed by atoms with Crippen molar-refractivity contribution in [1.29, 1.82) is 0 Å². The van der Waals surface area contributed by atoms with E-state index in [1.54, 1.807) is 6.07 Å². The minimum atomic E-state index is -3.26. The minimum absolute atomic E-state index is 0.341. The average Bonchev–Trinajstić information content (AvgIpc) is 3.08. The molecule has 1 heterocycles. The van der Waals surface area contributed by atoms with Gasteiger partial charge in [-0.05, 0) is 55.4 Å². The number of benzene rings is 1. The second-order valence-electron chi connectivity index (χ2n) is 6.46. The zero-order chi connectivity index (χ0) is 14.8. The number of fused-ring (bicyclic) bond motifs is 3. The lowest BCUT2D eigenvalue weighted by atomic mass is 9.95. The van der Waals surface area contributed by atoms with Crippen molar-refractivity contribution < 1.29 is 8.42 Å². The number of hydrogen-bond acceptors (Lipinski definition) is 3. The van der Waals surface area contributed by atoms with Crippen LogP contribution in [0.15, 0.2) is 23.1 Å². The maximum absolute atomic E-state index is 12.0. The maximum atomic E-state index is 12.0. The molecule has 0 radical (unpaired) electrons. The largest absolute Gasteiger partial charge is 0.329 e. The van der Waals surface area contributed by atoms with Crippen molar-refractivity contribution in [2.24, 2.45) is 11.8 Å². The van der Waals surface area contributed by atoms with Gasteiger partial charge >= 0.3 is 0 Å². The summed E-state index contributed by atoms with van der Waals surface area (Å²) in [6, 6.07) is 5.86. The van der Waals surface area contributed by atoms with E-state index in [0.717, 1.165) is 11.4 Å². The van der Waals surface area contributed by atoms with Crippen molar-refractivity contribution in [3.63, 3.8) is 0 Å². The molecule has 2 aliphatic rings. The Balaban J connectivity index is 1.95. The van der Waals surface area contributed by atoms with Gasteiger partial charge in [0.25, 0.3) is 0 Å². The Hall–Kier alpha value is -1.14. The van der Waals surface area contributed by atoms with Crippen LogP contribution in [-0.4, -0.2) is 24.2 Å². The number of sulfone groups is 1. The predicted octanol–water partition coefficient (Wildman–Crippen LogP) is 3.46. The zero-order valence-electron chi connectivity index (χ0n) is 11.9. The van der Waals surface area contributed by atoms with Crippen LogP contribution in [0.2, 0.25) is 0 Å². The number of hydrogen-bond donors (Lipinski definition) is 1. The van der Waals surface area contributed by atoms with Crippen molar-refractivity contribution in [2.75, 3.05) is 6.26 Å². The summed E-state index contributed by atoms with van der Waals surface area (Å²) in [5.74, 6) is 1.52. The number of para-hydroxylation sites is 1. The van der Waals surface area contributed by atoms with Crippen LogP contribution < -0.4 is 0 Å². The molecule has 2 aromatic rings. The normalized spacial score (nSPS) is 28.5. The molecule has 0 aliphatic heterocycles. The minimum Gasteiger partial charge on any atom is -0.329 e. The molecule has 2 saturated carbocycles. The van der Waals surface area contributed by atoms with E-state index in [9.17, 15) is 8.42 Å². The second kappa shape index (κ2) is 4.43. The summed E-state index contributed by atoms with van der Waals surface area (Å²) in [4.78, 5) is 3.48. The third-order valence-corrected chi connectivity index (χ3v) is 6.58. The summed E-state index contributed by atoms with van der Waals surface area (Å²) in [6.07, 6.45) is 6.33. The number of nitrogens with one attached hydrogen (secondary N) is 1. The standard InChI is InChI=1S/C15H18N2O2S2/c1-21(18,19)13-4-2-3-11-14(13)16-15(20)17(11)12-8-9-5-6-10(12)7-9/h2-4,9-10,12H,5-8H2,1H3,(H,16,20). The molecule has 2 bridgehead atoms. The molecule has 2 fully saturated rings. The fourth-order valence-electron chi connectivity index (χ4n) is 4.29. The molecule has 4 rings (SSSR count). The SMILES string of the molecule is CS(=O)(=O)c1cccc2c1[nH]c(=S)n2C1CC2CCC1C2. The summed E-state index contributed by atoms with van der Waals surface area (Å²) < 4.78 is 26.7. The molecule has 1 N–H and O–H groups in total. The lowest BCUT2D eigenvalue weighted by Crippen LogP contribution is -2.16. The first-order valence-electron chi connectivity index (χ1n) is 7.38. The Labute approximate surface area is 129 Å². The van der Waals surface area contributed by atoms with Crippen LogP contribution in [-0.2, 0) is 9.84 Å². The van der Waals surface area contributed by atoms with Crippen molar-refractivity contribution in [3.8, 4) is 0 Å². The summed E-state index contributed by atoms with van der Waals surface area (Å²) in [7, 11) is -3.26. The molecule has 6 heteroatoms. The second-order valence-corrected chi connectivity index (χ2v) is 8.84. The molecule has 3 atom stereocenters. The molecular weight excluding hydrogens is 304 g/mol. The average molecular weight is 322 g/mol. The van der Waals surface area contributed by atoms with Gasteiger partial charge in [-0.2, -0.15) is 0 Å². The topological polar surface area (TPSA) is 54.9 Å². The Morgan fingerprint density at radius 1 is 1.29 bits per heavy atom. The van der Waals surface area contributed by atoms with Gasteiger partial charge in [0.2, 0.25) is 0 Å². The van der Waals surface area contributed by atoms with Gasteiger partial charge in [-0.25, -0.2) is 8.42 Å². The van der Waals surface area contributed by atoms with E-state index in [0.29, 0.717) is 27.1 Å². The van der Waals surface area contributed by atoms with E-state index in [2.05, 4.69) is 9.55 Å². The van der Waals surface area contributed by atoms with E-state index >= 15 is 0 Å². The smallest absolute Gasteiger partial charge is 0.178 e. The maximum Gasteiger partial charge on any atom is 0.178 e. The van der Waals surface area contributed by atoms with Gasteiger partial charge in [0.15, 0.2) is 14.6 Å². The van der Waals surface area contributed by atoms with Crippen molar-refractivity contribution in [1.82, 2.24) is 9.55 Å². The zero-order valence-corrected chi connectivity index (χ0v) is 13.5. The summed E-state index contributed by atoms with van der Waals surface area (Å²) in [6.45, 7) is 0. The summed E-state index contributed by atoms with van der Waals surface area (Å²) in [5, 5.41) is 0. The highest BCUT2D eigenvalue weighted by Gasteiger charge is 2.41. The van der Waals surface area contributed by atoms with E-state index in [4.69, 9.17) is 12.2 Å². The van der Waals surface area contributed by atoms with Crippen LogP contribution >= 0.6 is 12.2 Å². The monoisotopic (exact) mass is 322 g/mol. The molecule has 112 valence electrons. The lowest BCUT2D eigenvalue weighted by Gasteiger charge is -2.23. The Bertz CT molecular complexity index is 879. The van der Waals surface area contributed by atoms with Crippen molar-refractivity contribution >= 4 is 33.1 Å². The molecule has 0 spiro atoms. The van der Waals surface area contributed by atoms with Gasteiger partial charge in [0, 0.05) is 12.3 Å². The molecule has 1 aromatic heterocycles. The van der Waals surface area contributed by atoms with E-state index < -0.39 is 9.84 Å². The number of aromatic nitrogens is 2. The third kappa shape index (κ3) is 1.99. The fraction of sp³-hybridized carbons (Fsp3) is 0.533. The van der Waals surface area contributed by atoms with Crippen LogP contribution in [0.4, 0.5) is 0 Å². The van der Waals surface area contributed by atoms with E-state index in [-0.39, 0.29) is 0 Å². The third-order valence-electron chi connectivity index (χ3n) is 5.15. The van der Waals surface area contributed by atoms with Gasteiger partial charge in [-0.15, -0.1) is 0 Å². The fourth-order valence-corrected chi connectivity index (χ4v) is 5.48. The molecule has 0 saturated heterocycles. The number of aromatic amines is 1. The number of H-pyrrole nitrogens is 1. The Morgan fingerprint density at radius 3 is 2.71 bits per heavy atom. The van der Waals surface area contributed by atoms with Crippen LogP contribution in [0.3, 0.4) is 0 Å². The van der Waals surface area contributed by atoms with Crippen LogP contribution in [0, 0.1) is 16.6 Å². The highest BCUT2D eigenvalue weighted by atomic mass is 32.2. The van der Waals surface area contributed by atoms with Crippen LogP contribution in [0.25, 0.3) is 11.0 Å². The van der Waals surface area contributed by atoms with Crippen molar-refractivity contribution in [2.45, 2.75) is 36.6 Å². The van der Waals surface area contributed by atoms with E-state index in [1.165, 1.54) is 31.9 Å². The van der Waals surface area contributed by atoms with Gasteiger partial charge in [-0.3, -0.25) is 0 Å². The highest BCUT2D eigenvalue weighted by Crippen LogP contribution is 2.51. The Morgan fingerprint density at radius 2 is 2.10 bits per heavy atom. The molecule has 21 heavy (non-hydrogen) atoms. The first kappa shape index (κ1) is 13.5. The van der Waals surface area contributed by atoms with Gasteiger partial charge < -0.3 is 9.55 Å². The lowest BCUT2D eigenvalue weighted by molar-refractivity contribution is 0.333. The Kier molecular flexibility index (Phi) is 2.85. The molecule has 2 aliphatic carbocycles. The van der Waals surface area contributed by atoms with Gasteiger partial charge in [0.1, 0.15) is 0 Å². The first-order valence-corrected chi connectivity index (χ1v) is 9.68. The van der Waals surface area contributed by atoms with Crippen LogP contribution in [0.5, 0.6) is 0 Å². The quantitative estimate of drug-likeness (QED) is 0.862. The molecule has 3 unspecified atom stereocenters. The van der Waals surface area contributed by atoms with Crippen LogP contribution in [0.1, 0.15) is 31.7 Å². The number of rotatable bonds is 2. The first-order chi connectivity index (χ1) is 9.95. The summed E-state index contributed by atoms with van der Waals surface area (Å²) in [5.41, 5.74) is 1.59. The van der Waals surface area contributed by atoms with Gasteiger partial charge in [0.05, 0.1) is 15.9 Å².